The summed E-state index contributed by atoms with van der Waals surface area (Å²) in [5, 5.41) is 2.91. The number of aryl methyl sites for hydroxylation is 1. The minimum atomic E-state index is -0.222. The van der Waals surface area contributed by atoms with Gasteiger partial charge in [-0.1, -0.05) is 35.9 Å². The van der Waals surface area contributed by atoms with Gasteiger partial charge in [-0.3, -0.25) is 14.6 Å². The van der Waals surface area contributed by atoms with E-state index in [0.29, 0.717) is 31.5 Å². The zero-order valence-corrected chi connectivity index (χ0v) is 18.8. The molecule has 0 spiro atoms. The molecule has 8 nitrogen and oxygen atoms in total. The Hall–Kier alpha value is -3.36. The predicted octanol–water partition coefficient (Wildman–Crippen LogP) is 2.96. The van der Waals surface area contributed by atoms with Crippen LogP contribution in [0.3, 0.4) is 0 Å². The Balaban J connectivity index is 1.08. The molecule has 3 aromatic rings. The molecule has 33 heavy (non-hydrogen) atoms. The summed E-state index contributed by atoms with van der Waals surface area (Å²) in [7, 11) is 0. The van der Waals surface area contributed by atoms with E-state index in [9.17, 15) is 4.79 Å². The normalized spacial score (nSPS) is 16.2. The lowest BCUT2D eigenvalue weighted by Gasteiger charge is -2.34. The van der Waals surface area contributed by atoms with Crippen molar-refractivity contribution in [2.75, 3.05) is 33.0 Å². The van der Waals surface area contributed by atoms with Crippen LogP contribution in [-0.2, 0) is 19.6 Å². The Morgan fingerprint density at radius 3 is 2.58 bits per heavy atom. The number of nitrogens with zero attached hydrogens (tertiary/aromatic N) is 3. The van der Waals surface area contributed by atoms with Crippen LogP contribution in [0.2, 0.25) is 0 Å². The maximum absolute atomic E-state index is 12.4. The number of piperazine rings is 1. The summed E-state index contributed by atoms with van der Waals surface area (Å²) in [4.78, 5) is 21.5. The van der Waals surface area contributed by atoms with E-state index >= 15 is 0 Å². The number of oxazole rings is 1. The molecular formula is C25H28N4O4. The van der Waals surface area contributed by atoms with Gasteiger partial charge in [-0.15, -0.1) is 0 Å². The number of fused-ring (bicyclic) bond motifs is 1. The van der Waals surface area contributed by atoms with Gasteiger partial charge in [-0.05, 0) is 30.2 Å². The Labute approximate surface area is 193 Å². The molecule has 2 aliphatic heterocycles. The number of hydrogen-bond donors (Lipinski definition) is 1. The van der Waals surface area contributed by atoms with Gasteiger partial charge in [0.15, 0.2) is 17.2 Å². The van der Waals surface area contributed by atoms with Crippen LogP contribution in [0, 0.1) is 6.92 Å². The van der Waals surface area contributed by atoms with E-state index in [1.165, 1.54) is 17.4 Å². The molecule has 1 saturated heterocycles. The monoisotopic (exact) mass is 448 g/mol. The zero-order chi connectivity index (χ0) is 22.6. The van der Waals surface area contributed by atoms with Gasteiger partial charge in [0.05, 0.1) is 6.54 Å². The second kappa shape index (κ2) is 9.64. The van der Waals surface area contributed by atoms with E-state index in [-0.39, 0.29) is 5.91 Å². The molecule has 3 heterocycles. The summed E-state index contributed by atoms with van der Waals surface area (Å²) in [5.41, 5.74) is 3.77. The van der Waals surface area contributed by atoms with Crippen LogP contribution >= 0.6 is 0 Å². The number of amides is 1. The molecule has 8 heteroatoms. The Morgan fingerprint density at radius 1 is 0.970 bits per heavy atom. The minimum absolute atomic E-state index is 0.222. The van der Waals surface area contributed by atoms with Crippen molar-refractivity contribution >= 4 is 5.91 Å². The highest BCUT2D eigenvalue weighted by molar-refractivity contribution is 5.91. The van der Waals surface area contributed by atoms with Gasteiger partial charge in [0.2, 0.25) is 12.7 Å². The summed E-state index contributed by atoms with van der Waals surface area (Å²) in [6, 6.07) is 14.2. The molecule has 0 bridgehead atoms. The van der Waals surface area contributed by atoms with Crippen LogP contribution in [0.5, 0.6) is 11.5 Å². The first-order valence-electron chi connectivity index (χ1n) is 11.2. The molecule has 5 rings (SSSR count). The van der Waals surface area contributed by atoms with Gasteiger partial charge in [0.25, 0.3) is 5.91 Å². The standard InChI is InChI=1S/C25H28N4O4/c1-18-3-2-4-19(11-18)13-26-25(30)21-16-31-24(27-21)15-29-9-7-28(8-10-29)14-20-5-6-22-23(12-20)33-17-32-22/h2-6,11-12,16H,7-10,13-15,17H2,1H3,(H,26,30). The number of ether oxygens (including phenoxy) is 2. The van der Waals surface area contributed by atoms with E-state index in [2.05, 4.69) is 38.3 Å². The zero-order valence-electron chi connectivity index (χ0n) is 18.8. The van der Waals surface area contributed by atoms with Crippen molar-refractivity contribution < 1.29 is 18.7 Å². The van der Waals surface area contributed by atoms with Crippen LogP contribution in [-0.4, -0.2) is 53.7 Å². The highest BCUT2D eigenvalue weighted by atomic mass is 16.7. The highest BCUT2D eigenvalue weighted by Crippen LogP contribution is 2.32. The Morgan fingerprint density at radius 2 is 1.76 bits per heavy atom. The molecule has 2 aliphatic rings. The van der Waals surface area contributed by atoms with E-state index in [1.54, 1.807) is 0 Å². The van der Waals surface area contributed by atoms with Crippen molar-refractivity contribution in [1.82, 2.24) is 20.1 Å². The van der Waals surface area contributed by atoms with Gasteiger partial charge < -0.3 is 19.2 Å². The van der Waals surface area contributed by atoms with Gasteiger partial charge in [-0.2, -0.15) is 0 Å². The molecule has 172 valence electrons. The fourth-order valence-corrected chi connectivity index (χ4v) is 4.18. The molecule has 1 aromatic heterocycles. The number of carbonyl (C=O) groups excluding carboxylic acids is 1. The minimum Gasteiger partial charge on any atom is -0.454 e. The van der Waals surface area contributed by atoms with Crippen LogP contribution in [0.4, 0.5) is 0 Å². The average molecular weight is 449 g/mol. The van der Waals surface area contributed by atoms with E-state index in [4.69, 9.17) is 13.9 Å². The second-order valence-corrected chi connectivity index (χ2v) is 8.54. The van der Waals surface area contributed by atoms with Crippen LogP contribution < -0.4 is 14.8 Å². The molecular weight excluding hydrogens is 420 g/mol. The van der Waals surface area contributed by atoms with Crippen molar-refractivity contribution in [1.29, 1.82) is 0 Å². The molecule has 0 radical (unpaired) electrons. The van der Waals surface area contributed by atoms with Gasteiger partial charge in [0, 0.05) is 39.3 Å². The lowest BCUT2D eigenvalue weighted by molar-refractivity contribution is 0.0945. The lowest BCUT2D eigenvalue weighted by Crippen LogP contribution is -2.45. The third-order valence-electron chi connectivity index (χ3n) is 5.99. The van der Waals surface area contributed by atoms with Gasteiger partial charge >= 0.3 is 0 Å². The van der Waals surface area contributed by atoms with Crippen LogP contribution in [0.25, 0.3) is 0 Å². The molecule has 0 atom stereocenters. The molecule has 0 aliphatic carbocycles. The summed E-state index contributed by atoms with van der Waals surface area (Å²) in [6.45, 7) is 8.04. The highest BCUT2D eigenvalue weighted by Gasteiger charge is 2.21. The van der Waals surface area contributed by atoms with Crippen molar-refractivity contribution in [3.05, 3.63) is 77.0 Å². The summed E-state index contributed by atoms with van der Waals surface area (Å²) >= 11 is 0. The quantitative estimate of drug-likeness (QED) is 0.595. The number of benzene rings is 2. The number of aromatic nitrogens is 1. The summed E-state index contributed by atoms with van der Waals surface area (Å²) in [6.07, 6.45) is 1.44. The topological polar surface area (TPSA) is 80.1 Å². The fourth-order valence-electron chi connectivity index (χ4n) is 4.18. The number of rotatable bonds is 7. The fraction of sp³-hybridized carbons (Fsp3) is 0.360. The summed E-state index contributed by atoms with van der Waals surface area (Å²) < 4.78 is 16.4. The van der Waals surface area contributed by atoms with Crippen molar-refractivity contribution in [3.63, 3.8) is 0 Å². The maximum atomic E-state index is 12.4. The lowest BCUT2D eigenvalue weighted by atomic mass is 10.1. The maximum Gasteiger partial charge on any atom is 0.273 e. The first kappa shape index (κ1) is 21.5. The van der Waals surface area contributed by atoms with Gasteiger partial charge in [-0.25, -0.2) is 4.98 Å². The van der Waals surface area contributed by atoms with E-state index < -0.39 is 0 Å². The molecule has 0 unspecified atom stereocenters. The summed E-state index contributed by atoms with van der Waals surface area (Å²) in [5.74, 6) is 1.99. The smallest absolute Gasteiger partial charge is 0.273 e. The van der Waals surface area contributed by atoms with Crippen LogP contribution in [0.1, 0.15) is 33.1 Å². The Kier molecular flexibility index (Phi) is 6.28. The molecule has 1 N–H and O–H groups in total. The largest absolute Gasteiger partial charge is 0.454 e. The first-order chi connectivity index (χ1) is 16.1. The number of carbonyl (C=O) groups is 1. The molecule has 2 aromatic carbocycles. The number of nitrogens with one attached hydrogen (secondary N) is 1. The van der Waals surface area contributed by atoms with E-state index in [1.807, 2.05) is 31.2 Å². The van der Waals surface area contributed by atoms with Crippen molar-refractivity contribution in [2.45, 2.75) is 26.6 Å². The third kappa shape index (κ3) is 5.35. The Bertz CT molecular complexity index is 1120. The van der Waals surface area contributed by atoms with Crippen molar-refractivity contribution in [2.24, 2.45) is 0 Å². The second-order valence-electron chi connectivity index (χ2n) is 8.54. The first-order valence-corrected chi connectivity index (χ1v) is 11.2. The van der Waals surface area contributed by atoms with Crippen molar-refractivity contribution in [3.8, 4) is 11.5 Å². The predicted molar refractivity (Wildman–Crippen MR) is 122 cm³/mol. The van der Waals surface area contributed by atoms with E-state index in [0.717, 1.165) is 49.8 Å². The average Bonchev–Trinajstić information content (AvgIpc) is 3.48. The molecule has 1 amide bonds. The molecule has 1 fully saturated rings. The number of hydrogen-bond acceptors (Lipinski definition) is 7. The SMILES string of the molecule is Cc1cccc(CNC(=O)c2coc(CN3CCN(Cc4ccc5c(c4)OCO5)CC3)n2)c1. The van der Waals surface area contributed by atoms with Gasteiger partial charge in [0.1, 0.15) is 6.26 Å². The third-order valence-corrected chi connectivity index (χ3v) is 5.99. The van der Waals surface area contributed by atoms with Crippen LogP contribution in [0.15, 0.2) is 53.1 Å². The molecule has 0 saturated carbocycles.